The largest absolute Gasteiger partial charge is 0.228 e. The van der Waals surface area contributed by atoms with Crippen LogP contribution >= 0.6 is 11.3 Å². The third-order valence-electron chi connectivity index (χ3n) is 1.32. The van der Waals surface area contributed by atoms with Crippen LogP contribution in [0.25, 0.3) is 0 Å². The Balaban J connectivity index is 2.14. The summed E-state index contributed by atoms with van der Waals surface area (Å²) in [7, 11) is 0. The number of nitrogens with zero attached hydrogens (tertiary/aromatic N) is 4. The van der Waals surface area contributed by atoms with Crippen molar-refractivity contribution in [1.82, 2.24) is 20.2 Å². The molecule has 0 atom stereocenters. The smallest absolute Gasteiger partial charge is 0.138 e. The van der Waals surface area contributed by atoms with Crippen molar-refractivity contribution in [1.29, 1.82) is 0 Å². The lowest BCUT2D eigenvalue weighted by Crippen LogP contribution is -1.98. The number of tetrazole rings is 1. The standard InChI is InChI=1S/C6H6N4S/c1-2-11-4-6(1)3-10-5-7-8-9-10/h1-2,4-5H,3H2. The number of rotatable bonds is 2. The molecular weight excluding hydrogens is 160 g/mol. The fourth-order valence-corrected chi connectivity index (χ4v) is 1.48. The molecule has 0 aliphatic rings. The number of aromatic nitrogens is 4. The average Bonchev–Trinajstić information content (AvgIpc) is 2.60. The molecule has 2 aromatic heterocycles. The van der Waals surface area contributed by atoms with Crippen LogP contribution in [0.5, 0.6) is 0 Å². The van der Waals surface area contributed by atoms with Gasteiger partial charge in [-0.3, -0.25) is 0 Å². The van der Waals surface area contributed by atoms with Crippen LogP contribution in [0, 0.1) is 0 Å². The Morgan fingerprint density at radius 1 is 1.55 bits per heavy atom. The molecule has 0 amide bonds. The van der Waals surface area contributed by atoms with Crippen molar-refractivity contribution in [3.63, 3.8) is 0 Å². The molecule has 2 aromatic rings. The monoisotopic (exact) mass is 166 g/mol. The van der Waals surface area contributed by atoms with E-state index >= 15 is 0 Å². The van der Waals surface area contributed by atoms with Gasteiger partial charge in [0.25, 0.3) is 0 Å². The van der Waals surface area contributed by atoms with Crippen LogP contribution in [0.4, 0.5) is 0 Å². The predicted octanol–water partition coefficient (Wildman–Crippen LogP) is 0.783. The summed E-state index contributed by atoms with van der Waals surface area (Å²) in [5, 5.41) is 15.0. The summed E-state index contributed by atoms with van der Waals surface area (Å²) in [4.78, 5) is 0. The van der Waals surface area contributed by atoms with Gasteiger partial charge in [0.05, 0.1) is 6.54 Å². The van der Waals surface area contributed by atoms with Crippen LogP contribution in [-0.2, 0) is 6.54 Å². The molecule has 0 saturated carbocycles. The van der Waals surface area contributed by atoms with Crippen molar-refractivity contribution < 1.29 is 0 Å². The first-order valence-corrected chi connectivity index (χ1v) is 4.11. The van der Waals surface area contributed by atoms with Gasteiger partial charge in [-0.05, 0) is 32.8 Å². The van der Waals surface area contributed by atoms with Crippen LogP contribution in [0.2, 0.25) is 0 Å². The lowest BCUT2D eigenvalue weighted by molar-refractivity contribution is 0.649. The Bertz CT molecular complexity index is 267. The van der Waals surface area contributed by atoms with Crippen LogP contribution < -0.4 is 0 Å². The molecule has 4 nitrogen and oxygen atoms in total. The zero-order valence-corrected chi connectivity index (χ0v) is 6.53. The van der Waals surface area contributed by atoms with Gasteiger partial charge >= 0.3 is 0 Å². The van der Waals surface area contributed by atoms with E-state index < -0.39 is 0 Å². The van der Waals surface area contributed by atoms with Crippen molar-refractivity contribution in [2.75, 3.05) is 0 Å². The quantitative estimate of drug-likeness (QED) is 0.662. The Hall–Kier alpha value is -1.23. The maximum atomic E-state index is 3.75. The molecule has 0 spiro atoms. The molecule has 0 aliphatic heterocycles. The van der Waals surface area contributed by atoms with Gasteiger partial charge in [0.1, 0.15) is 6.33 Å². The average molecular weight is 166 g/mol. The Morgan fingerprint density at radius 3 is 3.18 bits per heavy atom. The third-order valence-corrected chi connectivity index (χ3v) is 2.05. The molecule has 0 aliphatic carbocycles. The minimum Gasteiger partial charge on any atom is -0.228 e. The Labute approximate surface area is 67.5 Å². The number of thiophene rings is 1. The second kappa shape index (κ2) is 2.79. The molecule has 0 radical (unpaired) electrons. The van der Waals surface area contributed by atoms with E-state index in [1.165, 1.54) is 5.56 Å². The van der Waals surface area contributed by atoms with Crippen molar-refractivity contribution in [3.8, 4) is 0 Å². The normalized spacial score (nSPS) is 10.2. The Morgan fingerprint density at radius 2 is 2.55 bits per heavy atom. The number of hydrogen-bond donors (Lipinski definition) is 0. The van der Waals surface area contributed by atoms with E-state index in [9.17, 15) is 0 Å². The van der Waals surface area contributed by atoms with Crippen LogP contribution in [0.3, 0.4) is 0 Å². The van der Waals surface area contributed by atoms with Crippen molar-refractivity contribution in [2.45, 2.75) is 6.54 Å². The topological polar surface area (TPSA) is 43.6 Å². The fourth-order valence-electron chi connectivity index (χ4n) is 0.822. The molecular formula is C6H6N4S. The van der Waals surface area contributed by atoms with Crippen LogP contribution in [-0.4, -0.2) is 20.2 Å². The first-order chi connectivity index (χ1) is 5.45. The molecule has 56 valence electrons. The highest BCUT2D eigenvalue weighted by atomic mass is 32.1. The van der Waals surface area contributed by atoms with Gasteiger partial charge in [0.15, 0.2) is 0 Å². The van der Waals surface area contributed by atoms with E-state index in [0.717, 1.165) is 6.54 Å². The highest BCUT2D eigenvalue weighted by Crippen LogP contribution is 2.06. The summed E-state index contributed by atoms with van der Waals surface area (Å²) in [6, 6.07) is 2.06. The van der Waals surface area contributed by atoms with E-state index in [4.69, 9.17) is 0 Å². The lowest BCUT2D eigenvalue weighted by atomic mass is 10.3. The summed E-state index contributed by atoms with van der Waals surface area (Å²) >= 11 is 1.68. The van der Waals surface area contributed by atoms with Gasteiger partial charge in [-0.15, -0.1) is 5.10 Å². The highest BCUT2D eigenvalue weighted by Gasteiger charge is 1.94. The molecule has 2 heterocycles. The fraction of sp³-hybridized carbons (Fsp3) is 0.167. The summed E-state index contributed by atoms with van der Waals surface area (Å²) < 4.78 is 1.70. The molecule has 0 N–H and O–H groups in total. The zero-order valence-electron chi connectivity index (χ0n) is 5.71. The van der Waals surface area contributed by atoms with Gasteiger partial charge in [0.2, 0.25) is 0 Å². The second-order valence-electron chi connectivity index (χ2n) is 2.14. The SMILES string of the molecule is c1cc(Cn2cnnn2)cs1. The number of hydrogen-bond acceptors (Lipinski definition) is 4. The minimum absolute atomic E-state index is 0.760. The van der Waals surface area contributed by atoms with Gasteiger partial charge in [-0.25, -0.2) is 4.68 Å². The van der Waals surface area contributed by atoms with E-state index in [1.54, 1.807) is 22.3 Å². The molecule has 11 heavy (non-hydrogen) atoms. The van der Waals surface area contributed by atoms with Gasteiger partial charge in [-0.2, -0.15) is 11.3 Å². The summed E-state index contributed by atoms with van der Waals surface area (Å²) in [5.74, 6) is 0. The first-order valence-electron chi connectivity index (χ1n) is 3.17. The third kappa shape index (κ3) is 1.43. The Kier molecular flexibility index (Phi) is 1.64. The van der Waals surface area contributed by atoms with Gasteiger partial charge < -0.3 is 0 Å². The van der Waals surface area contributed by atoms with Crippen molar-refractivity contribution >= 4 is 11.3 Å². The van der Waals surface area contributed by atoms with E-state index in [-0.39, 0.29) is 0 Å². The van der Waals surface area contributed by atoms with Gasteiger partial charge in [0, 0.05) is 0 Å². The van der Waals surface area contributed by atoms with Crippen molar-refractivity contribution in [2.24, 2.45) is 0 Å². The zero-order chi connectivity index (χ0) is 7.52. The molecule has 2 rings (SSSR count). The summed E-state index contributed by atoms with van der Waals surface area (Å²) in [6.45, 7) is 0.760. The van der Waals surface area contributed by atoms with Crippen LogP contribution in [0.1, 0.15) is 5.56 Å². The van der Waals surface area contributed by atoms with Crippen LogP contribution in [0.15, 0.2) is 23.2 Å². The second-order valence-corrected chi connectivity index (χ2v) is 2.92. The maximum Gasteiger partial charge on any atom is 0.138 e. The van der Waals surface area contributed by atoms with E-state index in [0.29, 0.717) is 0 Å². The van der Waals surface area contributed by atoms with E-state index in [2.05, 4.69) is 27.0 Å². The molecule has 0 aromatic carbocycles. The molecule has 5 heteroatoms. The van der Waals surface area contributed by atoms with Crippen molar-refractivity contribution in [3.05, 3.63) is 28.7 Å². The molecule has 0 saturated heterocycles. The molecule has 0 unspecified atom stereocenters. The minimum atomic E-state index is 0.760. The van der Waals surface area contributed by atoms with E-state index in [1.807, 2.05) is 5.38 Å². The predicted molar refractivity (Wildman–Crippen MR) is 41.2 cm³/mol. The first kappa shape index (κ1) is 6.48. The lowest BCUT2D eigenvalue weighted by Gasteiger charge is -1.92. The highest BCUT2D eigenvalue weighted by molar-refractivity contribution is 7.07. The molecule has 0 fully saturated rings. The summed E-state index contributed by atoms with van der Waals surface area (Å²) in [5.41, 5.74) is 1.24. The molecule has 0 bridgehead atoms. The summed E-state index contributed by atoms with van der Waals surface area (Å²) in [6.07, 6.45) is 1.61. The van der Waals surface area contributed by atoms with Gasteiger partial charge in [-0.1, -0.05) is 0 Å². The maximum absolute atomic E-state index is 3.75.